The van der Waals surface area contributed by atoms with Crippen LogP contribution in [-0.4, -0.2) is 19.1 Å². The Morgan fingerprint density at radius 1 is 0.386 bits per heavy atom. The highest BCUT2D eigenvalue weighted by Gasteiger charge is 2.23. The number of rotatable bonds is 5. The standard InChI is InChI=1S/C52H32N4S/c1-4-16-33(17-5-1)43-32-44(34-18-6-2-7-19-34)54-52(53-43)56-46-26-14-10-22-37(46)41-30-35(28-29-47(41)56)40-31-42-38-23-11-13-25-45(38)55(36-20-8-3-9-21-36)50(42)49-39-24-12-15-27-48(39)57-51(40)49/h1-32H. The third-order valence-corrected chi connectivity index (χ3v) is 12.5. The summed E-state index contributed by atoms with van der Waals surface area (Å²) in [4.78, 5) is 10.5. The average molecular weight is 745 g/mol. The van der Waals surface area contributed by atoms with E-state index in [-0.39, 0.29) is 0 Å². The summed E-state index contributed by atoms with van der Waals surface area (Å²) in [6.07, 6.45) is 0. The Balaban J connectivity index is 1.14. The first-order valence-electron chi connectivity index (χ1n) is 19.3. The number of thiophene rings is 1. The third kappa shape index (κ3) is 4.93. The van der Waals surface area contributed by atoms with Crippen LogP contribution < -0.4 is 0 Å². The van der Waals surface area contributed by atoms with Gasteiger partial charge in [0.15, 0.2) is 0 Å². The largest absolute Gasteiger partial charge is 0.309 e. The van der Waals surface area contributed by atoms with E-state index in [4.69, 9.17) is 9.97 Å². The van der Waals surface area contributed by atoms with Gasteiger partial charge >= 0.3 is 0 Å². The Kier molecular flexibility index (Phi) is 7.06. The van der Waals surface area contributed by atoms with Crippen molar-refractivity contribution in [3.8, 4) is 45.3 Å². The summed E-state index contributed by atoms with van der Waals surface area (Å²) in [5.74, 6) is 0.649. The molecule has 12 rings (SSSR count). The number of aromatic nitrogens is 4. The van der Waals surface area contributed by atoms with Gasteiger partial charge in [-0.05, 0) is 60.2 Å². The number of benzene rings is 8. The lowest BCUT2D eigenvalue weighted by Crippen LogP contribution is -2.03. The van der Waals surface area contributed by atoms with Gasteiger partial charge in [0.2, 0.25) is 5.95 Å². The molecule has 8 aromatic carbocycles. The zero-order chi connectivity index (χ0) is 37.5. The number of hydrogen-bond donors (Lipinski definition) is 0. The molecule has 57 heavy (non-hydrogen) atoms. The number of nitrogens with zero attached hydrogens (tertiary/aromatic N) is 4. The molecule has 12 aromatic rings. The van der Waals surface area contributed by atoms with Crippen LogP contribution in [-0.2, 0) is 0 Å². The van der Waals surface area contributed by atoms with Crippen molar-refractivity contribution in [2.24, 2.45) is 0 Å². The second-order valence-corrected chi connectivity index (χ2v) is 15.6. The molecule has 0 amide bonds. The monoisotopic (exact) mass is 744 g/mol. The van der Waals surface area contributed by atoms with Crippen LogP contribution in [0.1, 0.15) is 0 Å². The third-order valence-electron chi connectivity index (χ3n) is 11.3. The van der Waals surface area contributed by atoms with E-state index in [1.807, 2.05) is 23.5 Å². The molecule has 0 N–H and O–H groups in total. The molecule has 0 bridgehead atoms. The molecule has 0 radical (unpaired) electrons. The molecular weight excluding hydrogens is 713 g/mol. The number of fused-ring (bicyclic) bond motifs is 10. The zero-order valence-corrected chi connectivity index (χ0v) is 31.5. The summed E-state index contributed by atoms with van der Waals surface area (Å²) in [6.45, 7) is 0. The minimum absolute atomic E-state index is 0.649. The summed E-state index contributed by atoms with van der Waals surface area (Å²) in [5.41, 5.74) is 12.1. The van der Waals surface area contributed by atoms with Crippen LogP contribution in [0.2, 0.25) is 0 Å². The topological polar surface area (TPSA) is 35.6 Å². The van der Waals surface area contributed by atoms with E-state index in [2.05, 4.69) is 191 Å². The maximum absolute atomic E-state index is 5.26. The van der Waals surface area contributed by atoms with E-state index in [1.54, 1.807) is 0 Å². The first kappa shape index (κ1) is 32.0. The van der Waals surface area contributed by atoms with Crippen molar-refractivity contribution in [1.82, 2.24) is 19.1 Å². The lowest BCUT2D eigenvalue weighted by Gasteiger charge is -2.12. The molecule has 4 nitrogen and oxygen atoms in total. The predicted octanol–water partition coefficient (Wildman–Crippen LogP) is 14.0. The summed E-state index contributed by atoms with van der Waals surface area (Å²) >= 11 is 1.88. The minimum atomic E-state index is 0.649. The van der Waals surface area contributed by atoms with Gasteiger partial charge in [0.1, 0.15) is 0 Å². The van der Waals surface area contributed by atoms with Gasteiger partial charge in [-0.3, -0.25) is 4.57 Å². The molecule has 0 spiro atoms. The average Bonchev–Trinajstić information content (AvgIpc) is 3.94. The molecule has 4 heterocycles. The van der Waals surface area contributed by atoms with Gasteiger partial charge in [0, 0.05) is 64.1 Å². The highest BCUT2D eigenvalue weighted by molar-refractivity contribution is 7.26. The zero-order valence-electron chi connectivity index (χ0n) is 30.7. The van der Waals surface area contributed by atoms with Crippen LogP contribution in [0.3, 0.4) is 0 Å². The van der Waals surface area contributed by atoms with Crippen molar-refractivity contribution in [1.29, 1.82) is 0 Å². The molecule has 0 aliphatic carbocycles. The second kappa shape index (κ2) is 12.6. The van der Waals surface area contributed by atoms with Gasteiger partial charge < -0.3 is 4.57 Å². The van der Waals surface area contributed by atoms with E-state index in [1.165, 1.54) is 63.9 Å². The van der Waals surface area contributed by atoms with E-state index in [0.29, 0.717) is 5.95 Å². The molecular formula is C52H32N4S. The Bertz CT molecular complexity index is 3450. The van der Waals surface area contributed by atoms with Crippen molar-refractivity contribution in [3.63, 3.8) is 0 Å². The Labute approximate surface area is 332 Å². The molecule has 0 saturated carbocycles. The minimum Gasteiger partial charge on any atom is -0.309 e. The molecule has 0 fully saturated rings. The molecule has 5 heteroatoms. The predicted molar refractivity (Wildman–Crippen MR) is 240 cm³/mol. The fraction of sp³-hybridized carbons (Fsp3) is 0. The Morgan fingerprint density at radius 2 is 0.930 bits per heavy atom. The number of hydrogen-bond acceptors (Lipinski definition) is 3. The lowest BCUT2D eigenvalue weighted by atomic mass is 9.97. The van der Waals surface area contributed by atoms with E-state index < -0.39 is 0 Å². The normalized spacial score (nSPS) is 11.9. The first-order valence-corrected chi connectivity index (χ1v) is 20.1. The second-order valence-electron chi connectivity index (χ2n) is 14.6. The molecule has 0 unspecified atom stereocenters. The Hall–Kier alpha value is -7.34. The fourth-order valence-corrected chi connectivity index (χ4v) is 10.0. The van der Waals surface area contributed by atoms with Crippen LogP contribution in [0.25, 0.3) is 109 Å². The molecule has 266 valence electrons. The quantitative estimate of drug-likeness (QED) is 0.176. The smallest absolute Gasteiger partial charge is 0.235 e. The van der Waals surface area contributed by atoms with E-state index in [9.17, 15) is 0 Å². The van der Waals surface area contributed by atoms with Crippen LogP contribution in [0.15, 0.2) is 194 Å². The maximum Gasteiger partial charge on any atom is 0.235 e. The molecule has 0 aliphatic heterocycles. The summed E-state index contributed by atoms with van der Waals surface area (Å²) < 4.78 is 7.27. The van der Waals surface area contributed by atoms with Crippen LogP contribution in [0.5, 0.6) is 0 Å². The summed E-state index contributed by atoms with van der Waals surface area (Å²) in [7, 11) is 0. The van der Waals surface area contributed by atoms with Crippen LogP contribution in [0.4, 0.5) is 0 Å². The first-order chi connectivity index (χ1) is 28.3. The van der Waals surface area contributed by atoms with E-state index in [0.717, 1.165) is 39.2 Å². The highest BCUT2D eigenvalue weighted by Crippen LogP contribution is 2.48. The van der Waals surface area contributed by atoms with Gasteiger partial charge in [0.25, 0.3) is 0 Å². The summed E-state index contributed by atoms with van der Waals surface area (Å²) in [5, 5.41) is 7.41. The van der Waals surface area contributed by atoms with Gasteiger partial charge in [-0.1, -0.05) is 140 Å². The fourth-order valence-electron chi connectivity index (χ4n) is 8.80. The highest BCUT2D eigenvalue weighted by atomic mass is 32.1. The molecule has 0 atom stereocenters. The molecule has 0 aliphatic rings. The number of para-hydroxylation sites is 3. The molecule has 0 saturated heterocycles. The SMILES string of the molecule is c1ccc(-c2cc(-c3ccccc3)nc(-n3c4ccccc4c4cc(-c5cc6c7ccccc7n(-c7ccccc7)c6c6c5sc5ccccc56)ccc43)n2)cc1. The van der Waals surface area contributed by atoms with Gasteiger partial charge in [-0.2, -0.15) is 0 Å². The lowest BCUT2D eigenvalue weighted by molar-refractivity contribution is 0.995. The summed E-state index contributed by atoms with van der Waals surface area (Å²) in [6, 6.07) is 69.4. The van der Waals surface area contributed by atoms with Crippen LogP contribution >= 0.6 is 11.3 Å². The van der Waals surface area contributed by atoms with Crippen molar-refractivity contribution in [2.75, 3.05) is 0 Å². The van der Waals surface area contributed by atoms with E-state index >= 15 is 0 Å². The van der Waals surface area contributed by atoms with Crippen LogP contribution in [0, 0.1) is 0 Å². The van der Waals surface area contributed by atoms with Gasteiger partial charge in [-0.25, -0.2) is 9.97 Å². The Morgan fingerprint density at radius 3 is 1.61 bits per heavy atom. The van der Waals surface area contributed by atoms with Gasteiger partial charge in [0.05, 0.1) is 33.5 Å². The van der Waals surface area contributed by atoms with Gasteiger partial charge in [-0.15, -0.1) is 11.3 Å². The van der Waals surface area contributed by atoms with Crippen molar-refractivity contribution in [2.45, 2.75) is 0 Å². The van der Waals surface area contributed by atoms with Crippen molar-refractivity contribution < 1.29 is 0 Å². The maximum atomic E-state index is 5.26. The van der Waals surface area contributed by atoms with Crippen molar-refractivity contribution >= 4 is 75.1 Å². The molecule has 4 aromatic heterocycles. The van der Waals surface area contributed by atoms with Crippen molar-refractivity contribution in [3.05, 3.63) is 194 Å².